The Balaban J connectivity index is 1.20. The summed E-state index contributed by atoms with van der Waals surface area (Å²) in [5.74, 6) is 2.76. The van der Waals surface area contributed by atoms with E-state index in [-0.39, 0.29) is 12.6 Å². The summed E-state index contributed by atoms with van der Waals surface area (Å²) in [6.07, 6.45) is 3.81. The molecule has 0 unspecified atom stereocenters. The minimum absolute atomic E-state index is 0.168. The van der Waals surface area contributed by atoms with E-state index in [0.29, 0.717) is 41.9 Å². The van der Waals surface area contributed by atoms with Crippen molar-refractivity contribution in [3.05, 3.63) is 76.8 Å². The van der Waals surface area contributed by atoms with Crippen LogP contribution >= 0.6 is 11.3 Å². The average Bonchev–Trinajstić information content (AvgIpc) is 3.37. The van der Waals surface area contributed by atoms with Gasteiger partial charge in [-0.3, -0.25) is 14.5 Å². The Morgan fingerprint density at radius 1 is 0.870 bits per heavy atom. The first kappa shape index (κ1) is 32.7. The predicted octanol–water partition coefficient (Wildman–Crippen LogP) is 7.29. The van der Waals surface area contributed by atoms with Gasteiger partial charge in [-0.05, 0) is 117 Å². The van der Waals surface area contributed by atoms with Crippen LogP contribution in [0.2, 0.25) is 0 Å². The number of esters is 2. The third-order valence-corrected chi connectivity index (χ3v) is 8.82. The lowest BCUT2D eigenvalue weighted by atomic mass is 9.92. The molecule has 0 atom stereocenters. The molecular formula is C34H36N2O9S. The van der Waals surface area contributed by atoms with Gasteiger partial charge in [-0.15, -0.1) is 21.5 Å². The molecule has 0 amide bonds. The summed E-state index contributed by atoms with van der Waals surface area (Å²) in [6.45, 7) is 6.26. The van der Waals surface area contributed by atoms with Crippen molar-refractivity contribution in [2.45, 2.75) is 39.5 Å². The number of likely N-dealkylation sites (tertiary alicyclic amines) is 1. The van der Waals surface area contributed by atoms with Crippen LogP contribution in [0.1, 0.15) is 39.5 Å². The second kappa shape index (κ2) is 15.5. The van der Waals surface area contributed by atoms with Gasteiger partial charge in [0.25, 0.3) is 5.09 Å². The topological polar surface area (TPSA) is 127 Å². The number of carbonyl (C=O) groups excluding carboxylic acids is 2. The Morgan fingerprint density at radius 3 is 2.17 bits per heavy atom. The van der Waals surface area contributed by atoms with Crippen LogP contribution in [0.3, 0.4) is 0 Å². The van der Waals surface area contributed by atoms with E-state index in [1.807, 2.05) is 48.5 Å². The van der Waals surface area contributed by atoms with E-state index in [2.05, 4.69) is 9.74 Å². The highest BCUT2D eigenvalue weighted by Crippen LogP contribution is 2.47. The Bertz CT molecular complexity index is 1650. The van der Waals surface area contributed by atoms with Crippen molar-refractivity contribution in [1.82, 2.24) is 4.90 Å². The fourth-order valence-electron chi connectivity index (χ4n) is 5.44. The third-order valence-electron chi connectivity index (χ3n) is 7.64. The number of carbonyl (C=O) groups is 2. The van der Waals surface area contributed by atoms with Crippen LogP contribution in [0.5, 0.6) is 28.7 Å². The molecule has 11 nitrogen and oxygen atoms in total. The predicted molar refractivity (Wildman–Crippen MR) is 173 cm³/mol. The minimum Gasteiger partial charge on any atom is -0.492 e. The molecule has 1 saturated heterocycles. The zero-order valence-corrected chi connectivity index (χ0v) is 26.6. The van der Waals surface area contributed by atoms with Crippen LogP contribution < -0.4 is 18.9 Å². The van der Waals surface area contributed by atoms with E-state index in [4.69, 9.17) is 18.9 Å². The fraction of sp³-hybridized carbons (Fsp3) is 0.353. The number of ether oxygens (including phenoxy) is 4. The molecule has 0 spiro atoms. The van der Waals surface area contributed by atoms with E-state index < -0.39 is 11.1 Å². The fourth-order valence-corrected chi connectivity index (χ4v) is 6.60. The SMILES string of the molecule is CC(=O)Oc1ccc(-c2sc3cc(OC(C)=O)ccc3c2Oc2ccc(OCCN3CCC(CCCO[N+](=O)[O-])CC3)cc2)cc1. The molecule has 4 aromatic rings. The van der Waals surface area contributed by atoms with Crippen LogP contribution in [-0.4, -0.2) is 54.8 Å². The van der Waals surface area contributed by atoms with Crippen LogP contribution in [0, 0.1) is 16.0 Å². The van der Waals surface area contributed by atoms with Crippen molar-refractivity contribution in [2.75, 3.05) is 32.8 Å². The van der Waals surface area contributed by atoms with Gasteiger partial charge in [0.05, 0.1) is 11.5 Å². The Hall–Kier alpha value is -4.68. The molecular weight excluding hydrogens is 612 g/mol. The molecule has 46 heavy (non-hydrogen) atoms. The number of thiophene rings is 1. The van der Waals surface area contributed by atoms with E-state index in [1.165, 1.54) is 25.2 Å². The van der Waals surface area contributed by atoms with E-state index in [9.17, 15) is 19.7 Å². The molecule has 0 saturated carbocycles. The monoisotopic (exact) mass is 648 g/mol. The molecule has 0 bridgehead atoms. The van der Waals surface area contributed by atoms with Gasteiger partial charge in [0, 0.05) is 30.5 Å². The Kier molecular flexibility index (Phi) is 11.1. The van der Waals surface area contributed by atoms with Gasteiger partial charge < -0.3 is 23.8 Å². The quantitative estimate of drug-likeness (QED) is 0.0452. The van der Waals surface area contributed by atoms with Crippen molar-refractivity contribution in [3.63, 3.8) is 0 Å². The number of nitrogens with zero attached hydrogens (tertiary/aromatic N) is 2. The van der Waals surface area contributed by atoms with E-state index >= 15 is 0 Å². The third kappa shape index (κ3) is 9.18. The largest absolute Gasteiger partial charge is 0.492 e. The maximum absolute atomic E-state index is 11.5. The van der Waals surface area contributed by atoms with Crippen molar-refractivity contribution in [1.29, 1.82) is 0 Å². The first-order valence-electron chi connectivity index (χ1n) is 15.2. The molecule has 1 fully saturated rings. The second-order valence-electron chi connectivity index (χ2n) is 11.0. The lowest BCUT2D eigenvalue weighted by Gasteiger charge is -2.31. The molecule has 242 valence electrons. The molecule has 3 aromatic carbocycles. The molecule has 5 rings (SSSR count). The number of fused-ring (bicyclic) bond motifs is 1. The summed E-state index contributed by atoms with van der Waals surface area (Å²) in [4.78, 5) is 40.8. The van der Waals surface area contributed by atoms with Gasteiger partial charge in [0.2, 0.25) is 0 Å². The number of benzene rings is 3. The number of hydrogen-bond acceptors (Lipinski definition) is 11. The van der Waals surface area contributed by atoms with Gasteiger partial charge in [-0.2, -0.15) is 0 Å². The van der Waals surface area contributed by atoms with Crippen molar-refractivity contribution in [3.8, 4) is 39.2 Å². The summed E-state index contributed by atoms with van der Waals surface area (Å²) in [7, 11) is 0. The highest BCUT2D eigenvalue weighted by molar-refractivity contribution is 7.22. The normalized spacial score (nSPS) is 13.7. The summed E-state index contributed by atoms with van der Waals surface area (Å²) >= 11 is 1.51. The van der Waals surface area contributed by atoms with Crippen molar-refractivity contribution >= 4 is 33.4 Å². The number of hydrogen-bond donors (Lipinski definition) is 0. The second-order valence-corrected chi connectivity index (χ2v) is 12.1. The van der Waals surface area contributed by atoms with E-state index in [0.717, 1.165) is 65.2 Å². The first-order chi connectivity index (χ1) is 22.2. The van der Waals surface area contributed by atoms with Gasteiger partial charge in [-0.25, -0.2) is 0 Å². The summed E-state index contributed by atoms with van der Waals surface area (Å²) in [5, 5.41) is 10.4. The summed E-state index contributed by atoms with van der Waals surface area (Å²) in [5.41, 5.74) is 0.883. The van der Waals surface area contributed by atoms with Crippen molar-refractivity contribution < 1.29 is 38.5 Å². The zero-order chi connectivity index (χ0) is 32.5. The smallest absolute Gasteiger partial charge is 0.308 e. The van der Waals surface area contributed by atoms with Crippen LogP contribution in [-0.2, 0) is 14.4 Å². The van der Waals surface area contributed by atoms with Crippen LogP contribution in [0.15, 0.2) is 66.7 Å². The van der Waals surface area contributed by atoms with Gasteiger partial charge in [-0.1, -0.05) is 0 Å². The molecule has 2 heterocycles. The van der Waals surface area contributed by atoms with Gasteiger partial charge in [0.15, 0.2) is 5.75 Å². The van der Waals surface area contributed by atoms with Gasteiger partial charge >= 0.3 is 11.9 Å². The van der Waals surface area contributed by atoms with Crippen LogP contribution in [0.25, 0.3) is 20.5 Å². The molecule has 1 aromatic heterocycles. The maximum Gasteiger partial charge on any atom is 0.308 e. The summed E-state index contributed by atoms with van der Waals surface area (Å²) in [6, 6.07) is 20.2. The molecule has 0 aliphatic carbocycles. The highest BCUT2D eigenvalue weighted by atomic mass is 32.1. The lowest BCUT2D eigenvalue weighted by molar-refractivity contribution is -0.757. The average molecular weight is 649 g/mol. The standard InChI is InChI=1S/C34H36N2O9S/c1-23(37)43-28-7-5-26(6-8-28)34-33(31-14-13-30(44-24(2)38)22-32(31)46-34)45-29-11-9-27(10-12-29)41-21-19-35-17-15-25(16-18-35)4-3-20-42-36(39)40/h5-14,22,25H,3-4,15-21H2,1-2H3. The number of rotatable bonds is 14. The van der Waals surface area contributed by atoms with Gasteiger partial charge in [0.1, 0.15) is 29.6 Å². The lowest BCUT2D eigenvalue weighted by Crippen LogP contribution is -2.36. The highest BCUT2D eigenvalue weighted by Gasteiger charge is 2.20. The molecule has 12 heteroatoms. The molecule has 0 radical (unpaired) electrons. The first-order valence-corrected chi connectivity index (χ1v) is 16.0. The molecule has 0 N–H and O–H groups in total. The maximum atomic E-state index is 11.5. The summed E-state index contributed by atoms with van der Waals surface area (Å²) < 4.78 is 23.9. The van der Waals surface area contributed by atoms with Crippen molar-refractivity contribution in [2.24, 2.45) is 5.92 Å². The Labute approximate surface area is 270 Å². The van der Waals surface area contributed by atoms with E-state index in [1.54, 1.807) is 18.2 Å². The minimum atomic E-state index is -0.730. The van der Waals surface area contributed by atoms with Crippen LogP contribution in [0.4, 0.5) is 0 Å². The Morgan fingerprint density at radius 2 is 1.50 bits per heavy atom. The molecule has 1 aliphatic heterocycles. The zero-order valence-electron chi connectivity index (χ0n) is 25.8. The molecule has 1 aliphatic rings. The number of piperidine rings is 1.